The molecule has 1 atom stereocenters. The highest BCUT2D eigenvalue weighted by atomic mass is 16.4. The second-order valence-corrected chi connectivity index (χ2v) is 5.05. The molecular formula is C12H22N2O3. The van der Waals surface area contributed by atoms with Crippen molar-refractivity contribution in [3.8, 4) is 0 Å². The first kappa shape index (κ1) is 14.0. The second kappa shape index (κ2) is 6.59. The van der Waals surface area contributed by atoms with Crippen LogP contribution in [0.5, 0.6) is 0 Å². The largest absolute Gasteiger partial charge is 0.480 e. The molecule has 17 heavy (non-hydrogen) atoms. The number of carbonyl (C=O) groups is 2. The van der Waals surface area contributed by atoms with Crippen LogP contribution in [0.1, 0.15) is 33.1 Å². The molecule has 0 spiro atoms. The number of carboxylic acids is 1. The summed E-state index contributed by atoms with van der Waals surface area (Å²) in [5.74, 6) is -0.838. The van der Waals surface area contributed by atoms with E-state index in [1.807, 2.05) is 13.8 Å². The third-order valence-electron chi connectivity index (χ3n) is 3.03. The molecule has 0 bridgehead atoms. The Bertz CT molecular complexity index is 273. The van der Waals surface area contributed by atoms with Crippen LogP contribution in [0.2, 0.25) is 0 Å². The number of aliphatic carboxylic acids is 1. The van der Waals surface area contributed by atoms with E-state index in [2.05, 4.69) is 10.6 Å². The van der Waals surface area contributed by atoms with Crippen LogP contribution in [-0.4, -0.2) is 36.1 Å². The van der Waals surface area contributed by atoms with Crippen LogP contribution in [0.4, 0.5) is 0 Å². The van der Waals surface area contributed by atoms with Gasteiger partial charge >= 0.3 is 5.97 Å². The lowest BCUT2D eigenvalue weighted by Gasteiger charge is -2.24. The van der Waals surface area contributed by atoms with E-state index >= 15 is 0 Å². The van der Waals surface area contributed by atoms with Crippen LogP contribution in [0.3, 0.4) is 0 Å². The molecule has 5 heteroatoms. The molecule has 0 radical (unpaired) electrons. The molecule has 0 aromatic heterocycles. The molecule has 3 N–H and O–H groups in total. The van der Waals surface area contributed by atoms with E-state index in [-0.39, 0.29) is 17.7 Å². The van der Waals surface area contributed by atoms with E-state index in [4.69, 9.17) is 5.11 Å². The fraction of sp³-hybridized carbons (Fsp3) is 0.833. The molecule has 1 aliphatic heterocycles. The number of rotatable bonds is 5. The van der Waals surface area contributed by atoms with E-state index < -0.39 is 12.0 Å². The molecule has 1 rings (SSSR count). The average Bonchev–Trinajstić information content (AvgIpc) is 2.28. The number of hydrogen-bond donors (Lipinski definition) is 3. The van der Waals surface area contributed by atoms with Gasteiger partial charge in [0.25, 0.3) is 0 Å². The van der Waals surface area contributed by atoms with Crippen molar-refractivity contribution in [3.05, 3.63) is 0 Å². The zero-order chi connectivity index (χ0) is 12.8. The molecule has 1 fully saturated rings. The number of amides is 1. The van der Waals surface area contributed by atoms with E-state index in [9.17, 15) is 9.59 Å². The van der Waals surface area contributed by atoms with Gasteiger partial charge in [0.2, 0.25) is 5.91 Å². The van der Waals surface area contributed by atoms with Crippen molar-refractivity contribution in [1.29, 1.82) is 0 Å². The summed E-state index contributed by atoms with van der Waals surface area (Å²) in [6.45, 7) is 5.57. The van der Waals surface area contributed by atoms with Gasteiger partial charge in [-0.2, -0.15) is 0 Å². The normalized spacial score (nSPS) is 19.0. The highest BCUT2D eigenvalue weighted by Crippen LogP contribution is 2.13. The fourth-order valence-electron chi connectivity index (χ4n) is 2.07. The molecule has 1 aliphatic rings. The molecule has 5 nitrogen and oxygen atoms in total. The highest BCUT2D eigenvalue weighted by Gasteiger charge is 2.26. The molecule has 1 unspecified atom stereocenters. The van der Waals surface area contributed by atoms with Gasteiger partial charge in [-0.3, -0.25) is 4.79 Å². The number of nitrogens with one attached hydrogen (secondary N) is 2. The predicted molar refractivity (Wildman–Crippen MR) is 64.6 cm³/mol. The zero-order valence-corrected chi connectivity index (χ0v) is 10.5. The van der Waals surface area contributed by atoms with E-state index in [1.54, 1.807) is 0 Å². The van der Waals surface area contributed by atoms with Crippen LogP contribution in [0.25, 0.3) is 0 Å². The van der Waals surface area contributed by atoms with Crippen LogP contribution in [0.15, 0.2) is 0 Å². The topological polar surface area (TPSA) is 78.4 Å². The Kier molecular flexibility index (Phi) is 5.41. The first-order chi connectivity index (χ1) is 8.00. The van der Waals surface area contributed by atoms with Gasteiger partial charge in [0.1, 0.15) is 6.04 Å². The lowest BCUT2D eigenvalue weighted by Crippen LogP contribution is -2.46. The lowest BCUT2D eigenvalue weighted by atomic mass is 9.96. The van der Waals surface area contributed by atoms with Crippen LogP contribution >= 0.6 is 0 Å². The van der Waals surface area contributed by atoms with Crippen molar-refractivity contribution in [3.63, 3.8) is 0 Å². The van der Waals surface area contributed by atoms with Gasteiger partial charge in [-0.15, -0.1) is 0 Å². The van der Waals surface area contributed by atoms with Crippen molar-refractivity contribution >= 4 is 11.9 Å². The molecule has 0 saturated carbocycles. The lowest BCUT2D eigenvalue weighted by molar-refractivity contribution is -0.143. The van der Waals surface area contributed by atoms with Gasteiger partial charge in [0, 0.05) is 5.92 Å². The summed E-state index contributed by atoms with van der Waals surface area (Å²) in [5.41, 5.74) is 0. The van der Waals surface area contributed by atoms with E-state index in [1.165, 1.54) is 0 Å². The molecule has 98 valence electrons. The minimum absolute atomic E-state index is 0.0368. The fourth-order valence-corrected chi connectivity index (χ4v) is 2.07. The van der Waals surface area contributed by atoms with E-state index in [0.717, 1.165) is 25.9 Å². The molecule has 1 saturated heterocycles. The molecule has 0 aromatic rings. The van der Waals surface area contributed by atoms with Crippen molar-refractivity contribution < 1.29 is 14.7 Å². The predicted octanol–water partition coefficient (Wildman–Crippen LogP) is 0.601. The summed E-state index contributed by atoms with van der Waals surface area (Å²) in [6, 6.07) is -0.752. The van der Waals surface area contributed by atoms with Gasteiger partial charge in [-0.25, -0.2) is 4.79 Å². The standard InChI is InChI=1S/C12H22N2O3/c1-8(2)7-10(12(16)17)14-11(15)9-3-5-13-6-4-9/h8-10,13H,3-7H2,1-2H3,(H,14,15)(H,16,17). The van der Waals surface area contributed by atoms with Gasteiger partial charge in [-0.1, -0.05) is 13.8 Å². The Labute approximate surface area is 102 Å². The van der Waals surface area contributed by atoms with Gasteiger partial charge < -0.3 is 15.7 Å². The quantitative estimate of drug-likeness (QED) is 0.659. The molecule has 0 aromatic carbocycles. The maximum absolute atomic E-state index is 11.9. The molecule has 0 aliphatic carbocycles. The maximum atomic E-state index is 11.9. The number of hydrogen-bond acceptors (Lipinski definition) is 3. The van der Waals surface area contributed by atoms with Crippen LogP contribution in [-0.2, 0) is 9.59 Å². The number of carboxylic acid groups (broad SMARTS) is 1. The minimum atomic E-state index is -0.944. The Morgan fingerprint density at radius 1 is 1.35 bits per heavy atom. The summed E-state index contributed by atoms with van der Waals surface area (Å²) >= 11 is 0. The average molecular weight is 242 g/mol. The number of piperidine rings is 1. The maximum Gasteiger partial charge on any atom is 0.326 e. The third kappa shape index (κ3) is 4.73. The molecular weight excluding hydrogens is 220 g/mol. The Hall–Kier alpha value is -1.10. The summed E-state index contributed by atoms with van der Waals surface area (Å²) in [5, 5.41) is 14.9. The summed E-state index contributed by atoms with van der Waals surface area (Å²) < 4.78 is 0. The Balaban J connectivity index is 2.47. The van der Waals surface area contributed by atoms with Crippen molar-refractivity contribution in [2.45, 2.75) is 39.2 Å². The molecule has 1 amide bonds. The minimum Gasteiger partial charge on any atom is -0.480 e. The van der Waals surface area contributed by atoms with Crippen molar-refractivity contribution in [1.82, 2.24) is 10.6 Å². The summed E-state index contributed by atoms with van der Waals surface area (Å²) in [7, 11) is 0. The van der Waals surface area contributed by atoms with E-state index in [0.29, 0.717) is 6.42 Å². The van der Waals surface area contributed by atoms with Crippen molar-refractivity contribution in [2.24, 2.45) is 11.8 Å². The first-order valence-corrected chi connectivity index (χ1v) is 6.24. The Morgan fingerprint density at radius 3 is 2.41 bits per heavy atom. The smallest absolute Gasteiger partial charge is 0.326 e. The summed E-state index contributed by atoms with van der Waals surface area (Å²) in [6.07, 6.45) is 2.06. The third-order valence-corrected chi connectivity index (χ3v) is 3.03. The van der Waals surface area contributed by atoms with Crippen LogP contribution in [0, 0.1) is 11.8 Å². The Morgan fingerprint density at radius 2 is 1.94 bits per heavy atom. The van der Waals surface area contributed by atoms with Crippen molar-refractivity contribution in [2.75, 3.05) is 13.1 Å². The first-order valence-electron chi connectivity index (χ1n) is 6.24. The van der Waals surface area contributed by atoms with Gasteiger partial charge in [0.05, 0.1) is 0 Å². The SMILES string of the molecule is CC(C)CC(NC(=O)C1CCNCC1)C(=O)O. The summed E-state index contributed by atoms with van der Waals surface area (Å²) in [4.78, 5) is 22.9. The van der Waals surface area contributed by atoms with Gasteiger partial charge in [0.15, 0.2) is 0 Å². The van der Waals surface area contributed by atoms with Gasteiger partial charge in [-0.05, 0) is 38.3 Å². The zero-order valence-electron chi connectivity index (χ0n) is 10.5. The monoisotopic (exact) mass is 242 g/mol. The molecule has 1 heterocycles. The second-order valence-electron chi connectivity index (χ2n) is 5.05. The number of carbonyl (C=O) groups excluding carboxylic acids is 1. The highest BCUT2D eigenvalue weighted by molar-refractivity contribution is 5.85. The van der Waals surface area contributed by atoms with Crippen LogP contribution < -0.4 is 10.6 Å².